The zero-order valence-electron chi connectivity index (χ0n) is 17.8. The van der Waals surface area contributed by atoms with Crippen molar-refractivity contribution in [3.63, 3.8) is 0 Å². The number of rotatable bonds is 5. The Morgan fingerprint density at radius 1 is 0.943 bits per heavy atom. The number of hydrogen-bond donors (Lipinski definition) is 2. The van der Waals surface area contributed by atoms with Gasteiger partial charge in [-0.3, -0.25) is 14.4 Å². The second-order valence-corrected chi connectivity index (χ2v) is 7.22. The minimum atomic E-state index is -4.75. The van der Waals surface area contributed by atoms with E-state index in [-0.39, 0.29) is 16.9 Å². The topological polar surface area (TPSA) is 93.1 Å². The van der Waals surface area contributed by atoms with Gasteiger partial charge in [-0.25, -0.2) is 4.68 Å². The first-order valence-corrected chi connectivity index (χ1v) is 9.81. The summed E-state index contributed by atoms with van der Waals surface area (Å²) in [6.45, 7) is -0.291. The number of aromatic nitrogens is 2. The fourth-order valence-electron chi connectivity index (χ4n) is 3.09. The van der Waals surface area contributed by atoms with Crippen molar-refractivity contribution in [2.45, 2.75) is 19.3 Å². The SMILES string of the molecule is Cc1cc(=O)c(C(=O)Nc2ccccc2C(=O)NCC(F)(F)F)nn1-c1ccccc1C(F)(F)F. The van der Waals surface area contributed by atoms with E-state index in [0.717, 1.165) is 28.9 Å². The Morgan fingerprint density at radius 2 is 1.57 bits per heavy atom. The number of carbonyl (C=O) groups is 2. The van der Waals surface area contributed by atoms with E-state index >= 15 is 0 Å². The van der Waals surface area contributed by atoms with Crippen LogP contribution < -0.4 is 16.1 Å². The highest BCUT2D eigenvalue weighted by Crippen LogP contribution is 2.33. The summed E-state index contributed by atoms with van der Waals surface area (Å²) in [5, 5.41) is 7.67. The lowest BCUT2D eigenvalue weighted by Crippen LogP contribution is -2.34. The van der Waals surface area contributed by atoms with E-state index in [2.05, 4.69) is 10.4 Å². The fourth-order valence-corrected chi connectivity index (χ4v) is 3.09. The van der Waals surface area contributed by atoms with Gasteiger partial charge in [-0.1, -0.05) is 24.3 Å². The molecule has 0 saturated heterocycles. The summed E-state index contributed by atoms with van der Waals surface area (Å²) in [7, 11) is 0. The van der Waals surface area contributed by atoms with Gasteiger partial charge in [0.2, 0.25) is 5.43 Å². The molecule has 0 aliphatic rings. The first-order valence-electron chi connectivity index (χ1n) is 9.81. The molecule has 0 radical (unpaired) electrons. The van der Waals surface area contributed by atoms with Crippen molar-refractivity contribution in [1.29, 1.82) is 0 Å². The van der Waals surface area contributed by atoms with Crippen LogP contribution in [-0.2, 0) is 6.18 Å². The molecule has 0 atom stereocenters. The van der Waals surface area contributed by atoms with Gasteiger partial charge in [-0.2, -0.15) is 31.4 Å². The zero-order valence-corrected chi connectivity index (χ0v) is 17.8. The standard InChI is InChI=1S/C22H16F6N4O3/c1-12-10-17(33)18(31-32(12)16-9-5-3-7-14(16)22(26,27)28)20(35)30-15-8-4-2-6-13(15)19(34)29-11-21(23,24)25/h2-10H,11H2,1H3,(H,29,34)(H,30,35). The lowest BCUT2D eigenvalue weighted by molar-refractivity contribution is -0.137. The van der Waals surface area contributed by atoms with Gasteiger partial charge in [0.05, 0.1) is 22.5 Å². The van der Waals surface area contributed by atoms with Crippen LogP contribution in [0.1, 0.15) is 32.1 Å². The molecule has 35 heavy (non-hydrogen) atoms. The molecule has 7 nitrogen and oxygen atoms in total. The molecule has 0 fully saturated rings. The van der Waals surface area contributed by atoms with Crippen LogP contribution in [-0.4, -0.2) is 34.3 Å². The van der Waals surface area contributed by atoms with Gasteiger partial charge < -0.3 is 10.6 Å². The Kier molecular flexibility index (Phi) is 6.99. The van der Waals surface area contributed by atoms with Crippen molar-refractivity contribution in [1.82, 2.24) is 15.1 Å². The Balaban J connectivity index is 1.98. The molecule has 2 aromatic carbocycles. The van der Waals surface area contributed by atoms with E-state index in [9.17, 15) is 40.7 Å². The number of hydrogen-bond acceptors (Lipinski definition) is 4. The third kappa shape index (κ3) is 6.05. The highest BCUT2D eigenvalue weighted by Gasteiger charge is 2.34. The number of para-hydroxylation sites is 2. The molecule has 184 valence electrons. The minimum Gasteiger partial charge on any atom is -0.343 e. The monoisotopic (exact) mass is 498 g/mol. The van der Waals surface area contributed by atoms with Crippen molar-refractivity contribution in [2.75, 3.05) is 11.9 Å². The van der Waals surface area contributed by atoms with Crippen LogP contribution in [0, 0.1) is 6.92 Å². The Morgan fingerprint density at radius 3 is 2.23 bits per heavy atom. The minimum absolute atomic E-state index is 0.00942. The molecule has 2 amide bonds. The molecule has 13 heteroatoms. The number of carbonyl (C=O) groups excluding carboxylic acids is 2. The van der Waals surface area contributed by atoms with E-state index in [0.29, 0.717) is 0 Å². The van der Waals surface area contributed by atoms with Crippen molar-refractivity contribution >= 4 is 17.5 Å². The smallest absolute Gasteiger partial charge is 0.343 e. The maximum absolute atomic E-state index is 13.5. The van der Waals surface area contributed by atoms with Crippen LogP contribution in [0.3, 0.4) is 0 Å². The highest BCUT2D eigenvalue weighted by atomic mass is 19.4. The van der Waals surface area contributed by atoms with Crippen molar-refractivity contribution in [2.24, 2.45) is 0 Å². The molecule has 0 aliphatic carbocycles. The van der Waals surface area contributed by atoms with Crippen LogP contribution in [0.25, 0.3) is 5.69 Å². The number of aryl methyl sites for hydroxylation is 1. The summed E-state index contributed by atoms with van der Waals surface area (Å²) in [4.78, 5) is 37.4. The molecule has 2 N–H and O–H groups in total. The number of halogens is 6. The first-order chi connectivity index (χ1) is 16.3. The number of anilines is 1. The summed E-state index contributed by atoms with van der Waals surface area (Å²) in [6, 6.07) is 10.4. The van der Waals surface area contributed by atoms with E-state index in [1.54, 1.807) is 5.32 Å². The second kappa shape index (κ2) is 9.60. The number of alkyl halides is 6. The van der Waals surface area contributed by atoms with Gasteiger partial charge in [0.1, 0.15) is 6.54 Å². The van der Waals surface area contributed by atoms with Gasteiger partial charge in [-0.15, -0.1) is 0 Å². The summed E-state index contributed by atoms with van der Waals surface area (Å²) in [5.74, 6) is -2.32. The maximum Gasteiger partial charge on any atom is 0.418 e. The Bertz CT molecular complexity index is 1330. The molecule has 3 rings (SSSR count). The predicted octanol–water partition coefficient (Wildman–Crippen LogP) is 4.10. The van der Waals surface area contributed by atoms with Gasteiger partial charge >= 0.3 is 12.4 Å². The lowest BCUT2D eigenvalue weighted by atomic mass is 10.1. The van der Waals surface area contributed by atoms with Crippen molar-refractivity contribution < 1.29 is 35.9 Å². The molecule has 3 aromatic rings. The van der Waals surface area contributed by atoms with E-state index in [4.69, 9.17) is 0 Å². The van der Waals surface area contributed by atoms with Crippen LogP contribution in [0.4, 0.5) is 32.0 Å². The molecule has 0 aliphatic heterocycles. The average Bonchev–Trinajstić information content (AvgIpc) is 2.77. The van der Waals surface area contributed by atoms with Crippen LogP contribution in [0.2, 0.25) is 0 Å². The predicted molar refractivity (Wildman–Crippen MR) is 112 cm³/mol. The van der Waals surface area contributed by atoms with Gasteiger partial charge in [0, 0.05) is 11.8 Å². The summed E-state index contributed by atoms with van der Waals surface area (Å²) in [6.07, 6.45) is -9.42. The summed E-state index contributed by atoms with van der Waals surface area (Å²) < 4.78 is 78.4. The average molecular weight is 498 g/mol. The normalized spacial score (nSPS) is 11.7. The highest BCUT2D eigenvalue weighted by molar-refractivity contribution is 6.08. The lowest BCUT2D eigenvalue weighted by Gasteiger charge is -2.17. The van der Waals surface area contributed by atoms with Crippen molar-refractivity contribution in [3.05, 3.63) is 87.3 Å². The van der Waals surface area contributed by atoms with Crippen LogP contribution in [0.5, 0.6) is 0 Å². The number of nitrogens with zero attached hydrogens (tertiary/aromatic N) is 2. The quantitative estimate of drug-likeness (QED) is 0.518. The maximum atomic E-state index is 13.5. The molecule has 0 unspecified atom stereocenters. The van der Waals surface area contributed by atoms with E-state index in [1.165, 1.54) is 37.3 Å². The molecular formula is C22H16F6N4O3. The number of nitrogens with one attached hydrogen (secondary N) is 2. The largest absolute Gasteiger partial charge is 0.418 e. The molecule has 0 saturated carbocycles. The summed E-state index contributed by atoms with van der Waals surface area (Å²) >= 11 is 0. The van der Waals surface area contributed by atoms with Crippen LogP contribution in [0.15, 0.2) is 59.4 Å². The Hall–Kier alpha value is -4.16. The van der Waals surface area contributed by atoms with Crippen molar-refractivity contribution in [3.8, 4) is 5.69 Å². The van der Waals surface area contributed by atoms with E-state index in [1.807, 2.05) is 0 Å². The summed E-state index contributed by atoms with van der Waals surface area (Å²) in [5.41, 5.74) is -3.76. The molecule has 1 heterocycles. The van der Waals surface area contributed by atoms with Gasteiger partial charge in [0.25, 0.3) is 11.8 Å². The number of benzene rings is 2. The molecular weight excluding hydrogens is 482 g/mol. The number of amides is 2. The third-order valence-corrected chi connectivity index (χ3v) is 4.63. The second-order valence-electron chi connectivity index (χ2n) is 7.22. The zero-order chi connectivity index (χ0) is 26.0. The van der Waals surface area contributed by atoms with Crippen LogP contribution >= 0.6 is 0 Å². The first kappa shape index (κ1) is 25.5. The van der Waals surface area contributed by atoms with Gasteiger partial charge in [0.15, 0.2) is 5.69 Å². The Labute approximate surface area is 193 Å². The van der Waals surface area contributed by atoms with E-state index < -0.39 is 53.1 Å². The van der Waals surface area contributed by atoms with Gasteiger partial charge in [-0.05, 0) is 31.2 Å². The third-order valence-electron chi connectivity index (χ3n) is 4.63. The fraction of sp³-hybridized carbons (Fsp3) is 0.182. The molecule has 0 spiro atoms. The molecule has 0 bridgehead atoms. The molecule has 1 aromatic heterocycles.